The second-order valence-corrected chi connectivity index (χ2v) is 5.40. The van der Waals surface area contributed by atoms with Crippen LogP contribution in [0.1, 0.15) is 21.5 Å². The number of aryl methyl sites for hydroxylation is 2. The van der Waals surface area contributed by atoms with Gasteiger partial charge in [-0.1, -0.05) is 24.3 Å². The van der Waals surface area contributed by atoms with E-state index in [2.05, 4.69) is 37.1 Å². The molecule has 0 aliphatic rings. The topological polar surface area (TPSA) is 60.9 Å². The minimum absolute atomic E-state index is 0.448. The molecule has 0 bridgehead atoms. The Hall–Kier alpha value is -2.88. The molecule has 3 rings (SSSR count). The lowest BCUT2D eigenvalue weighted by Crippen LogP contribution is -2.12. The van der Waals surface area contributed by atoms with Crippen LogP contribution in [-0.2, 0) is 0 Å². The molecule has 0 spiro atoms. The summed E-state index contributed by atoms with van der Waals surface area (Å²) >= 11 is 0. The Kier molecular flexibility index (Phi) is 3.51. The average Bonchev–Trinajstić information content (AvgIpc) is 2.96. The average molecular weight is 291 g/mol. The zero-order valence-electron chi connectivity index (χ0n) is 12.6. The molecule has 0 saturated heterocycles. The number of carbonyl (C=O) groups excluding carboxylic acids is 1. The van der Waals surface area contributed by atoms with Crippen molar-refractivity contribution in [1.29, 1.82) is 0 Å². The number of nitrogens with zero attached hydrogens (tertiary/aromatic N) is 2. The molecule has 0 saturated carbocycles. The first-order valence-electron chi connectivity index (χ1n) is 7.08. The van der Waals surface area contributed by atoms with Gasteiger partial charge >= 0.3 is 0 Å². The Balaban J connectivity index is 2.06. The molecule has 4 heteroatoms. The first-order chi connectivity index (χ1) is 10.5. The Morgan fingerprint density at radius 1 is 1.05 bits per heavy atom. The highest BCUT2D eigenvalue weighted by atomic mass is 16.1. The number of hydrogen-bond acceptors (Lipinski definition) is 2. The fourth-order valence-electron chi connectivity index (χ4n) is 2.62. The summed E-state index contributed by atoms with van der Waals surface area (Å²) in [5.41, 5.74) is 10.8. The molecule has 0 aliphatic heterocycles. The molecule has 0 fully saturated rings. The van der Waals surface area contributed by atoms with Crippen LogP contribution in [0.3, 0.4) is 0 Å². The van der Waals surface area contributed by atoms with Gasteiger partial charge < -0.3 is 5.73 Å². The van der Waals surface area contributed by atoms with Gasteiger partial charge in [0.15, 0.2) is 0 Å². The molecular formula is C18H17N3O. The van der Waals surface area contributed by atoms with Crippen molar-refractivity contribution in [3.8, 4) is 16.9 Å². The summed E-state index contributed by atoms with van der Waals surface area (Å²) < 4.78 is 1.81. The van der Waals surface area contributed by atoms with Crippen LogP contribution in [-0.4, -0.2) is 15.7 Å². The summed E-state index contributed by atoms with van der Waals surface area (Å²) in [6.07, 6.45) is 1.89. The standard InChI is InChI=1S/C18H17N3O/c1-12-9-13(2)11-14(10-12)21-8-7-17(20-21)15-5-3-4-6-16(15)18(19)22/h3-11H,1-2H3,(H2,19,22). The smallest absolute Gasteiger partial charge is 0.249 e. The number of amides is 1. The molecule has 22 heavy (non-hydrogen) atoms. The Labute approximate surface area is 129 Å². The molecule has 1 aromatic heterocycles. The van der Waals surface area contributed by atoms with Crippen LogP contribution in [0.5, 0.6) is 0 Å². The highest BCUT2D eigenvalue weighted by Gasteiger charge is 2.12. The molecule has 0 atom stereocenters. The molecule has 0 unspecified atom stereocenters. The van der Waals surface area contributed by atoms with E-state index in [0.717, 1.165) is 16.9 Å². The Bertz CT molecular complexity index is 829. The first kappa shape index (κ1) is 14.1. The van der Waals surface area contributed by atoms with Gasteiger partial charge in [0.2, 0.25) is 5.91 Å². The van der Waals surface area contributed by atoms with E-state index in [1.807, 2.05) is 29.1 Å². The second kappa shape index (κ2) is 5.48. The number of primary amides is 1. The lowest BCUT2D eigenvalue weighted by molar-refractivity contribution is 0.100. The minimum atomic E-state index is -0.448. The molecule has 1 amide bonds. The van der Waals surface area contributed by atoms with Crippen LogP contribution >= 0.6 is 0 Å². The predicted octanol–water partition coefficient (Wildman–Crippen LogP) is 3.26. The summed E-state index contributed by atoms with van der Waals surface area (Å²) in [7, 11) is 0. The molecule has 110 valence electrons. The van der Waals surface area contributed by atoms with Gasteiger partial charge in [-0.2, -0.15) is 5.10 Å². The van der Waals surface area contributed by atoms with Gasteiger partial charge in [0.25, 0.3) is 0 Å². The van der Waals surface area contributed by atoms with Crippen molar-refractivity contribution in [1.82, 2.24) is 9.78 Å². The van der Waals surface area contributed by atoms with Crippen LogP contribution in [0.25, 0.3) is 16.9 Å². The van der Waals surface area contributed by atoms with Crippen molar-refractivity contribution in [2.24, 2.45) is 5.73 Å². The Morgan fingerprint density at radius 3 is 2.41 bits per heavy atom. The zero-order chi connectivity index (χ0) is 15.7. The third kappa shape index (κ3) is 2.63. The summed E-state index contributed by atoms with van der Waals surface area (Å²) in [5, 5.41) is 4.58. The largest absolute Gasteiger partial charge is 0.366 e. The van der Waals surface area contributed by atoms with Gasteiger partial charge in [0, 0.05) is 17.3 Å². The quantitative estimate of drug-likeness (QED) is 0.805. The molecule has 3 aromatic rings. The van der Waals surface area contributed by atoms with Crippen LogP contribution in [0.4, 0.5) is 0 Å². The van der Waals surface area contributed by atoms with E-state index in [1.165, 1.54) is 11.1 Å². The lowest BCUT2D eigenvalue weighted by Gasteiger charge is -2.06. The fourth-order valence-corrected chi connectivity index (χ4v) is 2.62. The number of hydrogen-bond donors (Lipinski definition) is 1. The van der Waals surface area contributed by atoms with Crippen molar-refractivity contribution in [2.75, 3.05) is 0 Å². The maximum atomic E-state index is 11.5. The van der Waals surface area contributed by atoms with Crippen molar-refractivity contribution in [2.45, 2.75) is 13.8 Å². The summed E-state index contributed by atoms with van der Waals surface area (Å²) in [6.45, 7) is 4.12. The van der Waals surface area contributed by atoms with Crippen LogP contribution in [0, 0.1) is 13.8 Å². The second-order valence-electron chi connectivity index (χ2n) is 5.40. The molecule has 2 aromatic carbocycles. The maximum Gasteiger partial charge on any atom is 0.249 e. The summed E-state index contributed by atoms with van der Waals surface area (Å²) in [5.74, 6) is -0.448. The Morgan fingerprint density at radius 2 is 1.73 bits per heavy atom. The third-order valence-corrected chi connectivity index (χ3v) is 3.53. The highest BCUT2D eigenvalue weighted by Crippen LogP contribution is 2.23. The number of benzene rings is 2. The number of carbonyl (C=O) groups is 1. The molecule has 0 aliphatic carbocycles. The van der Waals surface area contributed by atoms with Gasteiger partial charge in [0.05, 0.1) is 11.4 Å². The zero-order valence-corrected chi connectivity index (χ0v) is 12.6. The van der Waals surface area contributed by atoms with E-state index >= 15 is 0 Å². The number of nitrogens with two attached hydrogens (primary N) is 1. The van der Waals surface area contributed by atoms with E-state index in [1.54, 1.807) is 12.1 Å². The first-order valence-corrected chi connectivity index (χ1v) is 7.08. The molecule has 0 radical (unpaired) electrons. The summed E-state index contributed by atoms with van der Waals surface area (Å²) in [4.78, 5) is 11.5. The van der Waals surface area contributed by atoms with Crippen molar-refractivity contribution < 1.29 is 4.79 Å². The molecular weight excluding hydrogens is 274 g/mol. The van der Waals surface area contributed by atoms with E-state index in [9.17, 15) is 4.79 Å². The molecule has 2 N–H and O–H groups in total. The van der Waals surface area contributed by atoms with Gasteiger partial charge in [-0.25, -0.2) is 4.68 Å². The minimum Gasteiger partial charge on any atom is -0.366 e. The highest BCUT2D eigenvalue weighted by molar-refractivity contribution is 5.99. The number of aromatic nitrogens is 2. The van der Waals surface area contributed by atoms with Gasteiger partial charge in [-0.15, -0.1) is 0 Å². The predicted molar refractivity (Wildman–Crippen MR) is 87.0 cm³/mol. The van der Waals surface area contributed by atoms with Crippen molar-refractivity contribution in [3.63, 3.8) is 0 Å². The van der Waals surface area contributed by atoms with Crippen molar-refractivity contribution in [3.05, 3.63) is 71.4 Å². The van der Waals surface area contributed by atoms with Crippen LogP contribution in [0.2, 0.25) is 0 Å². The normalized spacial score (nSPS) is 10.6. The third-order valence-electron chi connectivity index (χ3n) is 3.53. The van der Waals surface area contributed by atoms with E-state index in [-0.39, 0.29) is 0 Å². The summed E-state index contributed by atoms with van der Waals surface area (Å²) in [6, 6.07) is 15.4. The van der Waals surface area contributed by atoms with E-state index in [4.69, 9.17) is 5.73 Å². The molecule has 1 heterocycles. The van der Waals surface area contributed by atoms with Gasteiger partial charge in [-0.3, -0.25) is 4.79 Å². The molecule has 4 nitrogen and oxygen atoms in total. The van der Waals surface area contributed by atoms with E-state index in [0.29, 0.717) is 5.56 Å². The van der Waals surface area contributed by atoms with Crippen LogP contribution < -0.4 is 5.73 Å². The maximum absolute atomic E-state index is 11.5. The van der Waals surface area contributed by atoms with Crippen molar-refractivity contribution >= 4 is 5.91 Å². The lowest BCUT2D eigenvalue weighted by atomic mass is 10.0. The number of rotatable bonds is 3. The fraction of sp³-hybridized carbons (Fsp3) is 0.111. The monoisotopic (exact) mass is 291 g/mol. The van der Waals surface area contributed by atoms with Gasteiger partial charge in [0.1, 0.15) is 0 Å². The van der Waals surface area contributed by atoms with Gasteiger partial charge in [-0.05, 0) is 49.2 Å². The SMILES string of the molecule is Cc1cc(C)cc(-n2ccc(-c3ccccc3C(N)=O)n2)c1. The van der Waals surface area contributed by atoms with E-state index < -0.39 is 5.91 Å². The van der Waals surface area contributed by atoms with Crippen LogP contribution in [0.15, 0.2) is 54.7 Å².